The Labute approximate surface area is 172 Å². The van der Waals surface area contributed by atoms with Crippen LogP contribution < -0.4 is 0 Å². The Morgan fingerprint density at radius 2 is 1.90 bits per heavy atom. The van der Waals surface area contributed by atoms with Crippen LogP contribution in [0.4, 0.5) is 0 Å². The number of aromatic nitrogens is 2. The van der Waals surface area contributed by atoms with Crippen LogP contribution in [0.15, 0.2) is 36.4 Å². The number of rotatable bonds is 6. The molecule has 1 atom stereocenters. The molecule has 1 aromatic carbocycles. The fraction of sp³-hybridized carbons (Fsp3) is 0.522. The summed E-state index contributed by atoms with van der Waals surface area (Å²) in [6.45, 7) is 4.82. The van der Waals surface area contributed by atoms with E-state index in [4.69, 9.17) is 0 Å². The molecule has 1 spiro atoms. The van der Waals surface area contributed by atoms with E-state index in [1.54, 1.807) is 4.68 Å². The van der Waals surface area contributed by atoms with Crippen molar-refractivity contribution in [2.45, 2.75) is 39.0 Å². The first-order valence-electron chi connectivity index (χ1n) is 10.7. The zero-order valence-electron chi connectivity index (χ0n) is 17.4. The Balaban J connectivity index is 1.39. The third kappa shape index (κ3) is 3.80. The van der Waals surface area contributed by atoms with Crippen LogP contribution in [-0.4, -0.2) is 57.6 Å². The van der Waals surface area contributed by atoms with E-state index in [-0.39, 0.29) is 11.8 Å². The minimum absolute atomic E-state index is 0.00485. The van der Waals surface area contributed by atoms with Gasteiger partial charge in [0.05, 0.1) is 11.1 Å². The molecule has 154 valence electrons. The van der Waals surface area contributed by atoms with Gasteiger partial charge < -0.3 is 9.80 Å². The smallest absolute Gasteiger partial charge is 0.272 e. The van der Waals surface area contributed by atoms with Gasteiger partial charge in [-0.3, -0.25) is 14.3 Å². The Kier molecular flexibility index (Phi) is 5.43. The highest BCUT2D eigenvalue weighted by atomic mass is 16.2. The largest absolute Gasteiger partial charge is 0.342 e. The van der Waals surface area contributed by atoms with Crippen molar-refractivity contribution in [3.8, 4) is 0 Å². The molecular formula is C23H30N4O2. The normalized spacial score (nSPS) is 21.5. The Hall–Kier alpha value is -2.63. The molecule has 2 aromatic rings. The molecule has 2 amide bonds. The standard InChI is InChI=1S/C23H30N4O2/c1-3-7-19-16-20(25(2)24-19)21(28)27-15-12-23(17-27)11-14-26(22(23)29)13-10-18-8-5-4-6-9-18/h4-6,8-9,16H,3,7,10-15,17H2,1-2H3. The molecule has 0 bridgehead atoms. The van der Waals surface area contributed by atoms with Gasteiger partial charge in [-0.05, 0) is 37.3 Å². The van der Waals surface area contributed by atoms with Gasteiger partial charge >= 0.3 is 0 Å². The summed E-state index contributed by atoms with van der Waals surface area (Å²) in [6, 6.07) is 12.2. The van der Waals surface area contributed by atoms with E-state index in [2.05, 4.69) is 24.2 Å². The first kappa shape index (κ1) is 19.7. The maximum absolute atomic E-state index is 13.2. The van der Waals surface area contributed by atoms with Gasteiger partial charge in [0.1, 0.15) is 5.69 Å². The molecule has 1 aromatic heterocycles. The fourth-order valence-corrected chi connectivity index (χ4v) is 4.71. The van der Waals surface area contributed by atoms with Crippen molar-refractivity contribution in [3.05, 3.63) is 53.3 Å². The number of hydrogen-bond donors (Lipinski definition) is 0. The third-order valence-corrected chi connectivity index (χ3v) is 6.41. The van der Waals surface area contributed by atoms with Crippen LogP contribution in [-0.2, 0) is 24.7 Å². The predicted molar refractivity (Wildman–Crippen MR) is 111 cm³/mol. The zero-order valence-corrected chi connectivity index (χ0v) is 17.4. The lowest BCUT2D eigenvalue weighted by Gasteiger charge is -2.23. The van der Waals surface area contributed by atoms with E-state index in [0.717, 1.165) is 50.9 Å². The van der Waals surface area contributed by atoms with E-state index < -0.39 is 5.41 Å². The summed E-state index contributed by atoms with van der Waals surface area (Å²) in [4.78, 5) is 30.1. The van der Waals surface area contributed by atoms with E-state index in [1.165, 1.54) is 5.56 Å². The number of likely N-dealkylation sites (tertiary alicyclic amines) is 2. The maximum atomic E-state index is 13.2. The average molecular weight is 395 g/mol. The van der Waals surface area contributed by atoms with Crippen LogP contribution in [0.5, 0.6) is 0 Å². The number of carbonyl (C=O) groups is 2. The molecule has 0 saturated carbocycles. The number of hydrogen-bond acceptors (Lipinski definition) is 3. The minimum Gasteiger partial charge on any atom is -0.342 e. The van der Waals surface area contributed by atoms with Gasteiger partial charge in [-0.1, -0.05) is 43.7 Å². The van der Waals surface area contributed by atoms with Crippen molar-refractivity contribution < 1.29 is 9.59 Å². The second-order valence-corrected chi connectivity index (χ2v) is 8.43. The Morgan fingerprint density at radius 1 is 1.14 bits per heavy atom. The zero-order chi connectivity index (χ0) is 20.4. The molecule has 2 fully saturated rings. The molecule has 6 nitrogen and oxygen atoms in total. The summed E-state index contributed by atoms with van der Waals surface area (Å²) in [7, 11) is 1.82. The molecule has 3 heterocycles. The Bertz CT molecular complexity index is 892. The number of nitrogens with zero attached hydrogens (tertiary/aromatic N) is 4. The fourth-order valence-electron chi connectivity index (χ4n) is 4.71. The van der Waals surface area contributed by atoms with Crippen LogP contribution in [0.3, 0.4) is 0 Å². The van der Waals surface area contributed by atoms with Gasteiger partial charge in [0.25, 0.3) is 5.91 Å². The maximum Gasteiger partial charge on any atom is 0.272 e. The van der Waals surface area contributed by atoms with Crippen LogP contribution >= 0.6 is 0 Å². The molecule has 0 radical (unpaired) electrons. The molecule has 2 saturated heterocycles. The van der Waals surface area contributed by atoms with E-state index >= 15 is 0 Å². The van der Waals surface area contributed by atoms with Crippen molar-refractivity contribution in [1.29, 1.82) is 0 Å². The van der Waals surface area contributed by atoms with Gasteiger partial charge in [-0.15, -0.1) is 0 Å². The third-order valence-electron chi connectivity index (χ3n) is 6.41. The highest BCUT2D eigenvalue weighted by Crippen LogP contribution is 2.41. The molecule has 4 rings (SSSR count). The monoisotopic (exact) mass is 394 g/mol. The second-order valence-electron chi connectivity index (χ2n) is 8.43. The van der Waals surface area contributed by atoms with E-state index in [9.17, 15) is 9.59 Å². The molecule has 6 heteroatoms. The van der Waals surface area contributed by atoms with Crippen molar-refractivity contribution in [1.82, 2.24) is 19.6 Å². The molecule has 0 N–H and O–H groups in total. The first-order valence-corrected chi connectivity index (χ1v) is 10.7. The predicted octanol–water partition coefficient (Wildman–Crippen LogP) is 2.68. The lowest BCUT2D eigenvalue weighted by atomic mass is 9.85. The van der Waals surface area contributed by atoms with Gasteiger partial charge in [0.15, 0.2) is 0 Å². The van der Waals surface area contributed by atoms with Crippen LogP contribution in [0, 0.1) is 5.41 Å². The summed E-state index contributed by atoms with van der Waals surface area (Å²) in [5, 5.41) is 4.46. The van der Waals surface area contributed by atoms with Crippen LogP contribution in [0.25, 0.3) is 0 Å². The van der Waals surface area contributed by atoms with Crippen molar-refractivity contribution in [2.24, 2.45) is 12.5 Å². The number of carbonyl (C=O) groups excluding carboxylic acids is 2. The SMILES string of the molecule is CCCc1cc(C(=O)N2CCC3(CCN(CCc4ccccc4)C3=O)C2)n(C)n1. The highest BCUT2D eigenvalue weighted by Gasteiger charge is 2.51. The molecular weight excluding hydrogens is 364 g/mol. The molecule has 2 aliphatic rings. The quantitative estimate of drug-likeness (QED) is 0.757. The summed E-state index contributed by atoms with van der Waals surface area (Å²) in [5.74, 6) is 0.218. The molecule has 29 heavy (non-hydrogen) atoms. The van der Waals surface area contributed by atoms with Crippen molar-refractivity contribution in [2.75, 3.05) is 26.2 Å². The summed E-state index contributed by atoms with van der Waals surface area (Å²) >= 11 is 0. The van der Waals surface area contributed by atoms with Crippen molar-refractivity contribution in [3.63, 3.8) is 0 Å². The number of amides is 2. The van der Waals surface area contributed by atoms with E-state index in [0.29, 0.717) is 18.8 Å². The first-order chi connectivity index (χ1) is 14.0. The topological polar surface area (TPSA) is 58.4 Å². The Morgan fingerprint density at radius 3 is 2.66 bits per heavy atom. The van der Waals surface area contributed by atoms with Gasteiger partial charge in [-0.2, -0.15) is 5.10 Å². The molecule has 0 aliphatic carbocycles. The van der Waals surface area contributed by atoms with Crippen LogP contribution in [0.1, 0.15) is 47.9 Å². The number of aryl methyl sites for hydroxylation is 2. The average Bonchev–Trinajstić information content (AvgIpc) is 3.41. The van der Waals surface area contributed by atoms with E-state index in [1.807, 2.05) is 41.1 Å². The lowest BCUT2D eigenvalue weighted by molar-refractivity contribution is -0.135. The summed E-state index contributed by atoms with van der Waals surface area (Å²) in [6.07, 6.45) is 4.36. The second kappa shape index (κ2) is 8.01. The summed E-state index contributed by atoms with van der Waals surface area (Å²) in [5.41, 5.74) is 2.44. The van der Waals surface area contributed by atoms with Gasteiger partial charge in [0, 0.05) is 33.2 Å². The van der Waals surface area contributed by atoms with Crippen molar-refractivity contribution >= 4 is 11.8 Å². The molecule has 1 unspecified atom stereocenters. The molecule has 2 aliphatic heterocycles. The van der Waals surface area contributed by atoms with Gasteiger partial charge in [-0.25, -0.2) is 0 Å². The number of benzene rings is 1. The highest BCUT2D eigenvalue weighted by molar-refractivity contribution is 5.94. The lowest BCUT2D eigenvalue weighted by Crippen LogP contribution is -2.39. The van der Waals surface area contributed by atoms with Crippen LogP contribution in [0.2, 0.25) is 0 Å². The summed E-state index contributed by atoms with van der Waals surface area (Å²) < 4.78 is 1.68. The van der Waals surface area contributed by atoms with Gasteiger partial charge in [0.2, 0.25) is 5.91 Å². The minimum atomic E-state index is -0.392.